The summed E-state index contributed by atoms with van der Waals surface area (Å²) in [4.78, 5) is 16.2. The molecule has 2 aromatic carbocycles. The van der Waals surface area contributed by atoms with E-state index in [-0.39, 0.29) is 22.8 Å². The minimum Gasteiger partial charge on any atom is -0.293 e. The number of aromatic nitrogens is 4. The van der Waals surface area contributed by atoms with Crippen LogP contribution in [0.2, 0.25) is 0 Å². The minimum absolute atomic E-state index is 0.139. The van der Waals surface area contributed by atoms with Gasteiger partial charge in [-0.05, 0) is 24.6 Å². The fourth-order valence-electron chi connectivity index (χ4n) is 2.82. The van der Waals surface area contributed by atoms with Gasteiger partial charge in [-0.1, -0.05) is 48.5 Å². The van der Waals surface area contributed by atoms with E-state index >= 15 is 0 Å². The third kappa shape index (κ3) is 3.01. The number of hydrogen-bond donors (Lipinski definition) is 2. The Morgan fingerprint density at radius 2 is 1.71 bits per heavy atom. The summed E-state index contributed by atoms with van der Waals surface area (Å²) in [6, 6.07) is 18.6. The van der Waals surface area contributed by atoms with Gasteiger partial charge in [0.2, 0.25) is 5.82 Å². The van der Waals surface area contributed by atoms with E-state index in [0.717, 1.165) is 5.56 Å². The second kappa shape index (κ2) is 7.17. The molecule has 8 nitrogen and oxygen atoms in total. The Hall–Kier alpha value is -4.25. The Morgan fingerprint density at radius 1 is 1.04 bits per heavy atom. The minimum atomic E-state index is -0.323. The number of azo groups is 1. The number of H-pyrrole nitrogens is 2. The second-order valence-electron chi connectivity index (χ2n) is 6.01. The zero-order valence-corrected chi connectivity index (χ0v) is 14.9. The topological polar surface area (TPSA) is 95.6 Å². The van der Waals surface area contributed by atoms with Crippen molar-refractivity contribution in [2.24, 2.45) is 10.2 Å². The molecule has 0 aliphatic carbocycles. The summed E-state index contributed by atoms with van der Waals surface area (Å²) in [5, 5.41) is 18.0. The van der Waals surface area contributed by atoms with Gasteiger partial charge in [0.15, 0.2) is 5.69 Å². The summed E-state index contributed by atoms with van der Waals surface area (Å²) in [5.41, 5.74) is 2.76. The fraction of sp³-hybridized carbons (Fsp3) is 0.0500. The van der Waals surface area contributed by atoms with Gasteiger partial charge in [0, 0.05) is 0 Å². The van der Waals surface area contributed by atoms with Crippen molar-refractivity contribution in [2.75, 3.05) is 0 Å². The van der Waals surface area contributed by atoms with E-state index in [1.807, 2.05) is 60.7 Å². The molecule has 8 heteroatoms. The van der Waals surface area contributed by atoms with Crippen molar-refractivity contribution in [3.8, 4) is 16.9 Å². The average Bonchev–Trinajstić information content (AvgIpc) is 3.28. The first-order valence-corrected chi connectivity index (χ1v) is 8.49. The lowest BCUT2D eigenvalue weighted by Crippen LogP contribution is -2.13. The Kier molecular flexibility index (Phi) is 4.40. The zero-order valence-electron chi connectivity index (χ0n) is 14.9. The molecular weight excluding hydrogens is 354 g/mol. The van der Waals surface area contributed by atoms with Crippen LogP contribution in [0.15, 0.2) is 75.7 Å². The highest BCUT2D eigenvalue weighted by atomic mass is 16.1. The number of rotatable bonds is 4. The van der Waals surface area contributed by atoms with Crippen LogP contribution in [0.25, 0.3) is 21.8 Å². The molecule has 0 saturated carbocycles. The van der Waals surface area contributed by atoms with E-state index in [1.165, 1.54) is 4.68 Å². The van der Waals surface area contributed by atoms with Gasteiger partial charge < -0.3 is 0 Å². The molecule has 2 heterocycles. The van der Waals surface area contributed by atoms with Crippen LogP contribution in [0.3, 0.4) is 0 Å². The number of nitrogens with zero attached hydrogens (tertiary/aromatic N) is 5. The fourth-order valence-corrected chi connectivity index (χ4v) is 2.82. The molecule has 4 rings (SSSR count). The van der Waals surface area contributed by atoms with Crippen molar-refractivity contribution in [3.05, 3.63) is 88.1 Å². The van der Waals surface area contributed by atoms with Crippen molar-refractivity contribution in [2.45, 2.75) is 6.92 Å². The summed E-state index contributed by atoms with van der Waals surface area (Å²) in [5.74, 6) is 0.139. The second-order valence-corrected chi connectivity index (χ2v) is 6.01. The monoisotopic (exact) mass is 369 g/mol. The summed E-state index contributed by atoms with van der Waals surface area (Å²) in [6.45, 7) is 9.21. The summed E-state index contributed by atoms with van der Waals surface area (Å²) < 4.78 is 1.40. The zero-order chi connectivity index (χ0) is 19.5. The molecule has 28 heavy (non-hydrogen) atoms. The van der Waals surface area contributed by atoms with Gasteiger partial charge in [-0.2, -0.15) is 5.10 Å². The van der Waals surface area contributed by atoms with Gasteiger partial charge in [0.05, 0.1) is 23.6 Å². The van der Waals surface area contributed by atoms with Gasteiger partial charge in [-0.3, -0.25) is 15.0 Å². The molecule has 2 N–H and O–H groups in total. The van der Waals surface area contributed by atoms with Crippen LogP contribution in [0.5, 0.6) is 0 Å². The van der Waals surface area contributed by atoms with Crippen molar-refractivity contribution < 1.29 is 0 Å². The van der Waals surface area contributed by atoms with E-state index in [2.05, 4.69) is 30.4 Å². The van der Waals surface area contributed by atoms with Gasteiger partial charge in [0.25, 0.3) is 11.2 Å². The normalized spacial score (nSPS) is 11.0. The molecule has 0 spiro atoms. The largest absolute Gasteiger partial charge is 0.299 e. The number of hydrogen-bond acceptors (Lipinski definition) is 4. The molecule has 0 unspecified atom stereocenters. The number of nitrogens with one attached hydrogen (secondary N) is 2. The summed E-state index contributed by atoms with van der Waals surface area (Å²) >= 11 is 0. The molecule has 0 aliphatic heterocycles. The quantitative estimate of drug-likeness (QED) is 0.398. The smallest absolute Gasteiger partial charge is 0.293 e. The SMILES string of the molecule is [C-]#[N+]c1c(N=Nc2c(C)[nH]n(-c3ccccc3)c2=O)n[nH]c1-c1ccccc1. The molecule has 4 aromatic rings. The maximum Gasteiger partial charge on any atom is 0.299 e. The number of benzene rings is 2. The highest BCUT2D eigenvalue weighted by molar-refractivity contribution is 5.82. The van der Waals surface area contributed by atoms with Gasteiger partial charge in [-0.15, -0.1) is 10.2 Å². The first-order valence-electron chi connectivity index (χ1n) is 8.49. The highest BCUT2D eigenvalue weighted by Gasteiger charge is 2.16. The lowest BCUT2D eigenvalue weighted by molar-refractivity contribution is 0.835. The van der Waals surface area contributed by atoms with Crippen LogP contribution in [0, 0.1) is 13.5 Å². The molecule has 2 aromatic heterocycles. The standard InChI is InChI=1S/C20H15N7O/c1-13-16(20(28)27(26-13)15-11-7-4-8-12-15)22-24-19-18(21-2)17(23-25-19)14-9-5-3-6-10-14/h3-12,26H,1H3,(H,23,25). The van der Waals surface area contributed by atoms with E-state index < -0.39 is 0 Å². The van der Waals surface area contributed by atoms with Crippen LogP contribution in [-0.4, -0.2) is 20.0 Å². The maximum atomic E-state index is 12.7. The molecule has 0 fully saturated rings. The van der Waals surface area contributed by atoms with Crippen molar-refractivity contribution >= 4 is 17.2 Å². The van der Waals surface area contributed by atoms with E-state index in [1.54, 1.807) is 6.92 Å². The predicted molar refractivity (Wildman–Crippen MR) is 106 cm³/mol. The summed E-state index contributed by atoms with van der Waals surface area (Å²) in [7, 11) is 0. The molecule has 0 radical (unpaired) electrons. The third-order valence-corrected chi connectivity index (χ3v) is 4.20. The van der Waals surface area contributed by atoms with Crippen LogP contribution in [-0.2, 0) is 0 Å². The Bertz CT molecular complexity index is 1240. The highest BCUT2D eigenvalue weighted by Crippen LogP contribution is 2.36. The van der Waals surface area contributed by atoms with E-state index in [4.69, 9.17) is 6.57 Å². The molecule has 0 atom stereocenters. The van der Waals surface area contributed by atoms with Crippen LogP contribution >= 0.6 is 0 Å². The Morgan fingerprint density at radius 3 is 2.39 bits per heavy atom. The molecule has 136 valence electrons. The molecule has 0 saturated heterocycles. The van der Waals surface area contributed by atoms with Crippen LogP contribution < -0.4 is 5.56 Å². The number of aromatic amines is 2. The van der Waals surface area contributed by atoms with Crippen molar-refractivity contribution in [1.82, 2.24) is 20.0 Å². The van der Waals surface area contributed by atoms with Gasteiger partial charge in [0.1, 0.15) is 0 Å². The van der Waals surface area contributed by atoms with E-state index in [0.29, 0.717) is 17.1 Å². The average molecular weight is 369 g/mol. The lowest BCUT2D eigenvalue weighted by atomic mass is 10.1. The molecule has 0 amide bonds. The molecule has 0 aliphatic rings. The van der Waals surface area contributed by atoms with Gasteiger partial charge >= 0.3 is 0 Å². The predicted octanol–water partition coefficient (Wildman–Crippen LogP) is 4.83. The van der Waals surface area contributed by atoms with Crippen LogP contribution in [0.1, 0.15) is 5.69 Å². The Balaban J connectivity index is 1.72. The Labute approximate surface area is 160 Å². The van der Waals surface area contributed by atoms with Crippen LogP contribution in [0.4, 0.5) is 17.2 Å². The first kappa shape index (κ1) is 17.2. The van der Waals surface area contributed by atoms with Crippen molar-refractivity contribution in [1.29, 1.82) is 0 Å². The molecule has 0 bridgehead atoms. The summed E-state index contributed by atoms with van der Waals surface area (Å²) in [6.07, 6.45) is 0. The van der Waals surface area contributed by atoms with E-state index in [9.17, 15) is 4.79 Å². The van der Waals surface area contributed by atoms with Gasteiger partial charge in [-0.25, -0.2) is 9.53 Å². The third-order valence-electron chi connectivity index (χ3n) is 4.20. The lowest BCUT2D eigenvalue weighted by Gasteiger charge is -1.99. The molecular formula is C20H15N7O. The maximum absolute atomic E-state index is 12.7. The number of para-hydroxylation sites is 1. The first-order chi connectivity index (χ1) is 13.7. The van der Waals surface area contributed by atoms with Crippen molar-refractivity contribution in [3.63, 3.8) is 0 Å². The number of aryl methyl sites for hydroxylation is 1.